The van der Waals surface area contributed by atoms with Gasteiger partial charge >= 0.3 is 0 Å². The van der Waals surface area contributed by atoms with Crippen LogP contribution >= 0.6 is 0 Å². The highest BCUT2D eigenvalue weighted by Gasteiger charge is 2.30. The van der Waals surface area contributed by atoms with Gasteiger partial charge in [0.25, 0.3) is 5.91 Å². The van der Waals surface area contributed by atoms with Gasteiger partial charge in [-0.3, -0.25) is 4.79 Å². The molecule has 1 radical (unpaired) electrons. The van der Waals surface area contributed by atoms with Crippen LogP contribution in [-0.2, 0) is 0 Å². The van der Waals surface area contributed by atoms with E-state index < -0.39 is 5.91 Å². The molecule has 3 aliphatic rings. The minimum Gasteiger partial charge on any atom is -0.364 e. The number of rotatable bonds is 2. The Labute approximate surface area is 106 Å². The number of hydrogen-bond donors (Lipinski definition) is 1. The molecule has 2 N–H and O–H groups in total. The third-order valence-electron chi connectivity index (χ3n) is 3.74. The normalized spacial score (nSPS) is 27.0. The third kappa shape index (κ3) is 2.03. The number of carbonyl (C=O) groups is 1. The van der Waals surface area contributed by atoms with Crippen molar-refractivity contribution < 1.29 is 4.79 Å². The smallest absolute Gasteiger partial charge is 0.268 e. The molecule has 0 aliphatic carbocycles. The van der Waals surface area contributed by atoms with Gasteiger partial charge in [-0.1, -0.05) is 0 Å². The molecule has 0 spiro atoms. The summed E-state index contributed by atoms with van der Waals surface area (Å²) >= 11 is 0. The monoisotopic (exact) mass is 246 g/mol. The number of amides is 1. The lowest BCUT2D eigenvalue weighted by molar-refractivity contribution is 0.0995. The van der Waals surface area contributed by atoms with E-state index in [1.807, 2.05) is 0 Å². The topological polar surface area (TPSA) is 75.4 Å². The van der Waals surface area contributed by atoms with E-state index in [1.165, 1.54) is 6.20 Å². The van der Waals surface area contributed by atoms with Gasteiger partial charge in [-0.2, -0.15) is 0 Å². The van der Waals surface area contributed by atoms with Crippen LogP contribution in [0.5, 0.6) is 0 Å². The molecule has 6 heteroatoms. The quantitative estimate of drug-likeness (QED) is 0.772. The summed E-state index contributed by atoms with van der Waals surface area (Å²) < 4.78 is 0. The molecule has 1 aromatic rings. The van der Waals surface area contributed by atoms with Gasteiger partial charge in [-0.05, 0) is 12.8 Å². The SMILES string of the molecule is NC(=O)c1[c]cnc(N2CCN3CCC2CC3)n1. The molecule has 95 valence electrons. The van der Waals surface area contributed by atoms with Gasteiger partial charge in [0.05, 0.1) is 0 Å². The van der Waals surface area contributed by atoms with Crippen LogP contribution in [-0.4, -0.2) is 53.0 Å². The predicted molar refractivity (Wildman–Crippen MR) is 66.2 cm³/mol. The van der Waals surface area contributed by atoms with E-state index in [-0.39, 0.29) is 5.69 Å². The van der Waals surface area contributed by atoms with Crippen LogP contribution in [0.1, 0.15) is 23.3 Å². The van der Waals surface area contributed by atoms with Crippen LogP contribution in [0, 0.1) is 6.07 Å². The number of carbonyl (C=O) groups excluding carboxylic acids is 1. The first-order valence-electron chi connectivity index (χ1n) is 6.27. The Morgan fingerprint density at radius 2 is 2.11 bits per heavy atom. The summed E-state index contributed by atoms with van der Waals surface area (Å²) in [6, 6.07) is 3.15. The van der Waals surface area contributed by atoms with Crippen LogP contribution in [0.25, 0.3) is 0 Å². The molecule has 3 saturated heterocycles. The van der Waals surface area contributed by atoms with Gasteiger partial charge in [0.15, 0.2) is 0 Å². The maximum Gasteiger partial charge on any atom is 0.268 e. The number of hydrogen-bond acceptors (Lipinski definition) is 5. The van der Waals surface area contributed by atoms with Crippen molar-refractivity contribution in [2.24, 2.45) is 5.73 Å². The number of piperidine rings is 1. The summed E-state index contributed by atoms with van der Waals surface area (Å²) in [7, 11) is 0. The fraction of sp³-hybridized carbons (Fsp3) is 0.583. The maximum absolute atomic E-state index is 11.1. The van der Waals surface area contributed by atoms with Gasteiger partial charge < -0.3 is 15.5 Å². The Bertz CT molecular complexity index is 456. The van der Waals surface area contributed by atoms with Crippen molar-refractivity contribution in [2.75, 3.05) is 31.1 Å². The fourth-order valence-corrected chi connectivity index (χ4v) is 2.73. The fourth-order valence-electron chi connectivity index (χ4n) is 2.73. The molecular weight excluding hydrogens is 230 g/mol. The largest absolute Gasteiger partial charge is 0.364 e. The lowest BCUT2D eigenvalue weighted by atomic mass is 10.1. The van der Waals surface area contributed by atoms with Gasteiger partial charge in [0.2, 0.25) is 5.95 Å². The molecule has 0 aromatic carbocycles. The van der Waals surface area contributed by atoms with Crippen molar-refractivity contribution in [1.82, 2.24) is 14.9 Å². The van der Waals surface area contributed by atoms with Crippen molar-refractivity contribution in [3.8, 4) is 0 Å². The van der Waals surface area contributed by atoms with Gasteiger partial charge in [-0.25, -0.2) is 9.97 Å². The van der Waals surface area contributed by atoms with Crippen LogP contribution in [0.2, 0.25) is 0 Å². The Morgan fingerprint density at radius 3 is 2.83 bits per heavy atom. The van der Waals surface area contributed by atoms with Crippen molar-refractivity contribution >= 4 is 11.9 Å². The summed E-state index contributed by atoms with van der Waals surface area (Å²) in [5.41, 5.74) is 5.40. The molecule has 4 rings (SSSR count). The van der Waals surface area contributed by atoms with Crippen LogP contribution < -0.4 is 10.6 Å². The first kappa shape index (κ1) is 11.4. The zero-order chi connectivity index (χ0) is 12.5. The maximum atomic E-state index is 11.1. The number of aromatic nitrogens is 2. The zero-order valence-corrected chi connectivity index (χ0v) is 10.2. The molecule has 1 amide bonds. The Kier molecular flexibility index (Phi) is 2.87. The van der Waals surface area contributed by atoms with E-state index in [0.29, 0.717) is 12.0 Å². The summed E-state index contributed by atoms with van der Waals surface area (Å²) in [4.78, 5) is 24.3. The minimum atomic E-state index is -0.554. The molecule has 18 heavy (non-hydrogen) atoms. The third-order valence-corrected chi connectivity index (χ3v) is 3.74. The number of anilines is 1. The second kappa shape index (κ2) is 4.53. The number of fused-ring (bicyclic) bond motifs is 4. The molecule has 0 atom stereocenters. The highest BCUT2D eigenvalue weighted by atomic mass is 16.1. The molecule has 6 nitrogen and oxygen atoms in total. The standard InChI is InChI=1S/C12H16N5O/c13-11(18)10-1-4-14-12(15-10)17-8-7-16-5-2-9(17)3-6-16/h4,9H,2-3,5-8H2,(H2,13,18). The van der Waals surface area contributed by atoms with E-state index in [4.69, 9.17) is 5.73 Å². The molecule has 2 bridgehead atoms. The highest BCUT2D eigenvalue weighted by molar-refractivity contribution is 5.90. The van der Waals surface area contributed by atoms with E-state index in [1.54, 1.807) is 0 Å². The highest BCUT2D eigenvalue weighted by Crippen LogP contribution is 2.23. The first-order chi connectivity index (χ1) is 8.74. The van der Waals surface area contributed by atoms with E-state index in [2.05, 4.69) is 25.8 Å². The van der Waals surface area contributed by atoms with E-state index in [9.17, 15) is 4.79 Å². The second-order valence-corrected chi connectivity index (χ2v) is 4.79. The van der Waals surface area contributed by atoms with Crippen molar-refractivity contribution in [1.29, 1.82) is 0 Å². The van der Waals surface area contributed by atoms with Crippen LogP contribution in [0.15, 0.2) is 6.20 Å². The molecule has 0 unspecified atom stereocenters. The molecule has 1 aromatic heterocycles. The van der Waals surface area contributed by atoms with Crippen LogP contribution in [0.4, 0.5) is 5.95 Å². The summed E-state index contributed by atoms with van der Waals surface area (Å²) in [6.07, 6.45) is 3.75. The number of primary amides is 1. The lowest BCUT2D eigenvalue weighted by Crippen LogP contribution is -2.39. The van der Waals surface area contributed by atoms with Gasteiger partial charge in [0.1, 0.15) is 5.69 Å². The average Bonchev–Trinajstić information content (AvgIpc) is 2.72. The molecule has 0 saturated carbocycles. The number of nitrogens with zero attached hydrogens (tertiary/aromatic N) is 4. The minimum absolute atomic E-state index is 0.166. The van der Waals surface area contributed by atoms with Gasteiger partial charge in [0, 0.05) is 44.5 Å². The van der Waals surface area contributed by atoms with Crippen molar-refractivity contribution in [2.45, 2.75) is 18.9 Å². The van der Waals surface area contributed by atoms with E-state index >= 15 is 0 Å². The van der Waals surface area contributed by atoms with Crippen molar-refractivity contribution in [3.05, 3.63) is 18.0 Å². The summed E-state index contributed by atoms with van der Waals surface area (Å²) in [5, 5.41) is 0. The molecular formula is C12H16N5O. The Hall–Kier alpha value is -1.69. The zero-order valence-electron chi connectivity index (χ0n) is 10.2. The first-order valence-corrected chi connectivity index (χ1v) is 6.27. The molecule has 3 fully saturated rings. The summed E-state index contributed by atoms with van der Waals surface area (Å²) in [6.45, 7) is 4.23. The van der Waals surface area contributed by atoms with Gasteiger partial charge in [-0.15, -0.1) is 0 Å². The van der Waals surface area contributed by atoms with Crippen molar-refractivity contribution in [3.63, 3.8) is 0 Å². The lowest BCUT2D eigenvalue weighted by Gasteiger charge is -2.31. The van der Waals surface area contributed by atoms with Crippen LogP contribution in [0.3, 0.4) is 0 Å². The van der Waals surface area contributed by atoms with E-state index in [0.717, 1.165) is 39.0 Å². The Balaban J connectivity index is 1.89. The Morgan fingerprint density at radius 1 is 1.33 bits per heavy atom. The summed E-state index contributed by atoms with van der Waals surface area (Å²) in [5.74, 6) is 0.0535. The predicted octanol–water partition coefficient (Wildman–Crippen LogP) is -0.340. The molecule has 3 aliphatic heterocycles. The second-order valence-electron chi connectivity index (χ2n) is 4.79. The molecule has 4 heterocycles. The average molecular weight is 246 g/mol. The number of nitrogens with two attached hydrogens (primary N) is 1.